The van der Waals surface area contributed by atoms with Crippen molar-refractivity contribution in [1.29, 1.82) is 0 Å². The summed E-state index contributed by atoms with van der Waals surface area (Å²) in [7, 11) is 0. The summed E-state index contributed by atoms with van der Waals surface area (Å²) in [5.74, 6) is -0.00517. The van der Waals surface area contributed by atoms with Gasteiger partial charge in [0.15, 0.2) is 5.78 Å². The molecule has 0 fully saturated rings. The topological polar surface area (TPSA) is 41.1 Å². The average molecular weight is 292 g/mol. The van der Waals surface area contributed by atoms with Crippen molar-refractivity contribution in [3.05, 3.63) is 85.0 Å². The van der Waals surface area contributed by atoms with Crippen molar-refractivity contribution in [2.45, 2.75) is 0 Å². The second kappa shape index (κ2) is 7.84. The Morgan fingerprint density at radius 3 is 2.27 bits per heavy atom. The van der Waals surface area contributed by atoms with Gasteiger partial charge in [0.25, 0.3) is 0 Å². The Bertz CT molecular complexity index is 662. The van der Waals surface area contributed by atoms with E-state index in [0.717, 1.165) is 11.4 Å². The zero-order valence-electron chi connectivity index (χ0n) is 12.5. The highest BCUT2D eigenvalue weighted by atomic mass is 16.1. The molecule has 2 N–H and O–H groups in total. The van der Waals surface area contributed by atoms with Crippen LogP contribution >= 0.6 is 0 Å². The largest absolute Gasteiger partial charge is 0.380 e. The number of carbonyl (C=O) groups excluding carboxylic acids is 1. The van der Waals surface area contributed by atoms with Gasteiger partial charge in [-0.25, -0.2) is 0 Å². The van der Waals surface area contributed by atoms with Crippen LogP contribution in [0.4, 0.5) is 11.4 Å². The lowest BCUT2D eigenvalue weighted by Gasteiger charge is -2.16. The van der Waals surface area contributed by atoms with Crippen molar-refractivity contribution in [3.8, 4) is 0 Å². The molecule has 2 aromatic rings. The lowest BCUT2D eigenvalue weighted by molar-refractivity contribution is 0.103. The Labute approximate surface area is 131 Å². The summed E-state index contributed by atoms with van der Waals surface area (Å²) in [6.07, 6.45) is 3.55. The normalized spacial score (nSPS) is 9.82. The Balaban J connectivity index is 2.42. The smallest absolute Gasteiger partial charge is 0.195 e. The summed E-state index contributed by atoms with van der Waals surface area (Å²) < 4.78 is 0. The molecule has 0 aliphatic carbocycles. The van der Waals surface area contributed by atoms with E-state index in [2.05, 4.69) is 23.8 Å². The number of para-hydroxylation sites is 1. The van der Waals surface area contributed by atoms with Gasteiger partial charge in [0.2, 0.25) is 0 Å². The number of anilines is 2. The molecular formula is C19H20N2O. The van der Waals surface area contributed by atoms with Gasteiger partial charge < -0.3 is 10.6 Å². The molecule has 3 nitrogen and oxygen atoms in total. The minimum absolute atomic E-state index is 0.00517. The van der Waals surface area contributed by atoms with E-state index in [9.17, 15) is 4.79 Å². The number of rotatable bonds is 8. The summed E-state index contributed by atoms with van der Waals surface area (Å²) >= 11 is 0. The maximum Gasteiger partial charge on any atom is 0.195 e. The Hall–Kier alpha value is -2.81. The minimum atomic E-state index is -0.00517. The molecular weight excluding hydrogens is 272 g/mol. The molecule has 0 saturated heterocycles. The summed E-state index contributed by atoms with van der Waals surface area (Å²) in [4.78, 5) is 12.7. The van der Waals surface area contributed by atoms with Crippen LogP contribution in [0.25, 0.3) is 0 Å². The molecule has 2 aromatic carbocycles. The van der Waals surface area contributed by atoms with Crippen LogP contribution in [0.5, 0.6) is 0 Å². The molecule has 0 aromatic heterocycles. The van der Waals surface area contributed by atoms with Crippen molar-refractivity contribution in [3.63, 3.8) is 0 Å². The third-order valence-electron chi connectivity index (χ3n) is 3.21. The number of hydrogen-bond acceptors (Lipinski definition) is 3. The van der Waals surface area contributed by atoms with Crippen LogP contribution < -0.4 is 10.6 Å². The van der Waals surface area contributed by atoms with Crippen molar-refractivity contribution in [2.24, 2.45) is 0 Å². The SMILES string of the molecule is C=CCNc1cccc(C(=O)c2ccccc2)c1NCC=C. The highest BCUT2D eigenvalue weighted by molar-refractivity contribution is 6.13. The molecule has 3 heteroatoms. The van der Waals surface area contributed by atoms with Crippen LogP contribution in [0, 0.1) is 0 Å². The number of benzene rings is 2. The first-order valence-corrected chi connectivity index (χ1v) is 7.20. The number of carbonyl (C=O) groups is 1. The molecule has 22 heavy (non-hydrogen) atoms. The predicted molar refractivity (Wildman–Crippen MR) is 93.7 cm³/mol. The molecule has 0 aliphatic rings. The molecule has 2 rings (SSSR count). The standard InChI is InChI=1S/C19H20N2O/c1-3-13-20-17-12-8-11-16(18(17)21-14-4-2)19(22)15-9-6-5-7-10-15/h3-12,20-21H,1-2,13-14H2. The summed E-state index contributed by atoms with van der Waals surface area (Å²) in [5, 5.41) is 6.51. The van der Waals surface area contributed by atoms with E-state index in [1.54, 1.807) is 12.2 Å². The molecule has 0 amide bonds. The van der Waals surface area contributed by atoms with E-state index in [0.29, 0.717) is 24.2 Å². The third-order valence-corrected chi connectivity index (χ3v) is 3.21. The number of nitrogens with one attached hydrogen (secondary N) is 2. The van der Waals surface area contributed by atoms with Crippen molar-refractivity contribution in [1.82, 2.24) is 0 Å². The fourth-order valence-corrected chi connectivity index (χ4v) is 2.18. The van der Waals surface area contributed by atoms with Gasteiger partial charge >= 0.3 is 0 Å². The average Bonchev–Trinajstić information content (AvgIpc) is 2.58. The van der Waals surface area contributed by atoms with Crippen LogP contribution in [-0.4, -0.2) is 18.9 Å². The maximum absolute atomic E-state index is 12.7. The molecule has 112 valence electrons. The van der Waals surface area contributed by atoms with E-state index >= 15 is 0 Å². The van der Waals surface area contributed by atoms with E-state index in [1.807, 2.05) is 48.5 Å². The van der Waals surface area contributed by atoms with Gasteiger partial charge in [0.05, 0.1) is 11.4 Å². The zero-order chi connectivity index (χ0) is 15.8. The number of hydrogen-bond donors (Lipinski definition) is 2. The predicted octanol–water partition coefficient (Wildman–Crippen LogP) is 4.11. The summed E-state index contributed by atoms with van der Waals surface area (Å²) in [5.41, 5.74) is 2.98. The molecule has 0 bridgehead atoms. The van der Waals surface area contributed by atoms with Gasteiger partial charge in [0, 0.05) is 24.2 Å². The molecule has 0 unspecified atom stereocenters. The first-order valence-electron chi connectivity index (χ1n) is 7.20. The first-order chi connectivity index (χ1) is 10.8. The highest BCUT2D eigenvalue weighted by Crippen LogP contribution is 2.28. The van der Waals surface area contributed by atoms with Gasteiger partial charge in [-0.3, -0.25) is 4.79 Å². The van der Waals surface area contributed by atoms with Crippen molar-refractivity contribution >= 4 is 17.2 Å². The number of ketones is 1. The molecule has 0 aliphatic heterocycles. The van der Waals surface area contributed by atoms with Crippen LogP contribution in [0.1, 0.15) is 15.9 Å². The maximum atomic E-state index is 12.7. The van der Waals surface area contributed by atoms with Gasteiger partial charge in [-0.2, -0.15) is 0 Å². The lowest BCUT2D eigenvalue weighted by atomic mass is 10.0. The zero-order valence-corrected chi connectivity index (χ0v) is 12.5. The quantitative estimate of drug-likeness (QED) is 0.568. The van der Waals surface area contributed by atoms with Gasteiger partial charge in [-0.15, -0.1) is 13.2 Å². The van der Waals surface area contributed by atoms with Gasteiger partial charge in [-0.05, 0) is 12.1 Å². The summed E-state index contributed by atoms with van der Waals surface area (Å²) in [6.45, 7) is 8.64. The van der Waals surface area contributed by atoms with E-state index < -0.39 is 0 Å². The fraction of sp³-hybridized carbons (Fsp3) is 0.105. The van der Waals surface area contributed by atoms with E-state index in [4.69, 9.17) is 0 Å². The molecule has 0 spiro atoms. The first kappa shape index (κ1) is 15.6. The van der Waals surface area contributed by atoms with Crippen LogP contribution in [0.3, 0.4) is 0 Å². The molecule has 0 saturated carbocycles. The Kier molecular flexibility index (Phi) is 5.55. The second-order valence-electron chi connectivity index (χ2n) is 4.76. The third kappa shape index (κ3) is 3.64. The van der Waals surface area contributed by atoms with Gasteiger partial charge in [-0.1, -0.05) is 48.6 Å². The van der Waals surface area contributed by atoms with Crippen molar-refractivity contribution in [2.75, 3.05) is 23.7 Å². The minimum Gasteiger partial charge on any atom is -0.380 e. The van der Waals surface area contributed by atoms with Crippen LogP contribution in [0.15, 0.2) is 73.8 Å². The van der Waals surface area contributed by atoms with E-state index in [-0.39, 0.29) is 5.78 Å². The molecule has 0 radical (unpaired) electrons. The molecule has 0 atom stereocenters. The van der Waals surface area contributed by atoms with Gasteiger partial charge in [0.1, 0.15) is 0 Å². The monoisotopic (exact) mass is 292 g/mol. The van der Waals surface area contributed by atoms with Crippen LogP contribution in [0.2, 0.25) is 0 Å². The molecule has 0 heterocycles. The van der Waals surface area contributed by atoms with Crippen molar-refractivity contribution < 1.29 is 4.79 Å². The second-order valence-corrected chi connectivity index (χ2v) is 4.76. The Morgan fingerprint density at radius 1 is 0.909 bits per heavy atom. The van der Waals surface area contributed by atoms with Crippen LogP contribution in [-0.2, 0) is 0 Å². The lowest BCUT2D eigenvalue weighted by Crippen LogP contribution is -2.11. The van der Waals surface area contributed by atoms with E-state index in [1.165, 1.54) is 0 Å². The summed E-state index contributed by atoms with van der Waals surface area (Å²) in [6, 6.07) is 14.9. The highest BCUT2D eigenvalue weighted by Gasteiger charge is 2.15. The fourth-order valence-electron chi connectivity index (χ4n) is 2.18. The Morgan fingerprint density at radius 2 is 1.59 bits per heavy atom.